The molecular formula is C13H20FNO3. The summed E-state index contributed by atoms with van der Waals surface area (Å²) in [6, 6.07) is 5.98. The van der Waals surface area contributed by atoms with Crippen LogP contribution in [0.25, 0.3) is 0 Å². The molecule has 102 valence electrons. The topological polar surface area (TPSA) is 50.7 Å². The van der Waals surface area contributed by atoms with E-state index in [4.69, 9.17) is 9.47 Å². The van der Waals surface area contributed by atoms with E-state index in [1.165, 1.54) is 12.1 Å². The van der Waals surface area contributed by atoms with Crippen LogP contribution in [0.3, 0.4) is 0 Å². The second-order valence-corrected chi connectivity index (χ2v) is 3.81. The van der Waals surface area contributed by atoms with Gasteiger partial charge in [-0.05, 0) is 31.2 Å². The van der Waals surface area contributed by atoms with Gasteiger partial charge in [-0.2, -0.15) is 0 Å². The Labute approximate surface area is 107 Å². The van der Waals surface area contributed by atoms with Crippen LogP contribution in [-0.2, 0) is 9.47 Å². The minimum absolute atomic E-state index is 0.251. The van der Waals surface area contributed by atoms with Crippen LogP contribution in [0, 0.1) is 5.82 Å². The van der Waals surface area contributed by atoms with Gasteiger partial charge in [0.2, 0.25) is 0 Å². The van der Waals surface area contributed by atoms with Crippen molar-refractivity contribution < 1.29 is 19.0 Å². The normalized spacial score (nSPS) is 12.4. The summed E-state index contributed by atoms with van der Waals surface area (Å²) in [7, 11) is 0. The Hall–Kier alpha value is -1.17. The Morgan fingerprint density at radius 3 is 2.56 bits per heavy atom. The fourth-order valence-corrected chi connectivity index (χ4v) is 1.34. The maximum absolute atomic E-state index is 12.6. The maximum Gasteiger partial charge on any atom is 0.123 e. The summed E-state index contributed by atoms with van der Waals surface area (Å²) in [5, 5.41) is 12.6. The number of benzene rings is 1. The minimum Gasteiger partial charge on any atom is -0.389 e. The van der Waals surface area contributed by atoms with E-state index in [0.29, 0.717) is 26.4 Å². The van der Waals surface area contributed by atoms with E-state index in [1.54, 1.807) is 12.1 Å². The summed E-state index contributed by atoms with van der Waals surface area (Å²) in [6.45, 7) is 4.21. The lowest BCUT2D eigenvalue weighted by Gasteiger charge is -2.13. The van der Waals surface area contributed by atoms with Crippen molar-refractivity contribution in [1.29, 1.82) is 0 Å². The first-order valence-electron chi connectivity index (χ1n) is 6.05. The average Bonchev–Trinajstić information content (AvgIpc) is 2.38. The van der Waals surface area contributed by atoms with Crippen LogP contribution in [0.4, 0.5) is 10.1 Å². The number of hydrogen-bond donors (Lipinski definition) is 2. The van der Waals surface area contributed by atoms with Crippen molar-refractivity contribution in [2.75, 3.05) is 38.3 Å². The summed E-state index contributed by atoms with van der Waals surface area (Å²) in [5.74, 6) is -0.277. The number of rotatable bonds is 9. The molecule has 0 aliphatic rings. The number of aliphatic hydroxyl groups is 1. The molecule has 1 atom stereocenters. The molecular weight excluding hydrogens is 237 g/mol. The number of hydrogen-bond acceptors (Lipinski definition) is 4. The Kier molecular flexibility index (Phi) is 7.32. The molecule has 1 unspecified atom stereocenters. The molecule has 0 aliphatic heterocycles. The molecule has 0 spiro atoms. The Balaban J connectivity index is 2.09. The van der Waals surface area contributed by atoms with Gasteiger partial charge in [0, 0.05) is 18.8 Å². The van der Waals surface area contributed by atoms with Gasteiger partial charge in [-0.15, -0.1) is 0 Å². The first-order valence-corrected chi connectivity index (χ1v) is 6.05. The highest BCUT2D eigenvalue weighted by Crippen LogP contribution is 2.07. The molecule has 0 heterocycles. The predicted octanol–water partition coefficient (Wildman–Crippen LogP) is 1.65. The summed E-state index contributed by atoms with van der Waals surface area (Å²) >= 11 is 0. The molecule has 0 saturated carbocycles. The van der Waals surface area contributed by atoms with Gasteiger partial charge >= 0.3 is 0 Å². The van der Waals surface area contributed by atoms with Gasteiger partial charge in [0.25, 0.3) is 0 Å². The van der Waals surface area contributed by atoms with Crippen molar-refractivity contribution in [3.8, 4) is 0 Å². The SMILES string of the molecule is CCOCCOCC(O)CNc1ccc(F)cc1. The van der Waals surface area contributed by atoms with Crippen molar-refractivity contribution >= 4 is 5.69 Å². The van der Waals surface area contributed by atoms with Crippen LogP contribution in [0.5, 0.6) is 0 Å². The van der Waals surface area contributed by atoms with E-state index >= 15 is 0 Å². The van der Waals surface area contributed by atoms with Gasteiger partial charge in [-0.1, -0.05) is 0 Å². The second kappa shape index (κ2) is 8.85. The van der Waals surface area contributed by atoms with Crippen molar-refractivity contribution in [2.24, 2.45) is 0 Å². The van der Waals surface area contributed by atoms with Crippen LogP contribution in [0.15, 0.2) is 24.3 Å². The molecule has 4 nitrogen and oxygen atoms in total. The predicted molar refractivity (Wildman–Crippen MR) is 68.2 cm³/mol. The second-order valence-electron chi connectivity index (χ2n) is 3.81. The lowest BCUT2D eigenvalue weighted by molar-refractivity contribution is 0.0103. The monoisotopic (exact) mass is 257 g/mol. The van der Waals surface area contributed by atoms with E-state index in [9.17, 15) is 9.50 Å². The molecule has 2 N–H and O–H groups in total. The van der Waals surface area contributed by atoms with Gasteiger partial charge in [0.15, 0.2) is 0 Å². The molecule has 5 heteroatoms. The molecule has 0 amide bonds. The number of ether oxygens (including phenoxy) is 2. The van der Waals surface area contributed by atoms with E-state index in [1.807, 2.05) is 6.92 Å². The Morgan fingerprint density at radius 2 is 1.89 bits per heavy atom. The molecule has 1 rings (SSSR count). The molecule has 1 aromatic carbocycles. The lowest BCUT2D eigenvalue weighted by Crippen LogP contribution is -2.25. The summed E-state index contributed by atoms with van der Waals surface area (Å²) < 4.78 is 23.0. The smallest absolute Gasteiger partial charge is 0.123 e. The molecule has 0 aromatic heterocycles. The highest BCUT2D eigenvalue weighted by Gasteiger charge is 2.04. The fraction of sp³-hybridized carbons (Fsp3) is 0.538. The molecule has 0 bridgehead atoms. The minimum atomic E-state index is -0.600. The van der Waals surface area contributed by atoms with Crippen LogP contribution >= 0.6 is 0 Å². The summed E-state index contributed by atoms with van der Waals surface area (Å²) in [6.07, 6.45) is -0.600. The standard InChI is InChI=1S/C13H20FNO3/c1-2-17-7-8-18-10-13(16)9-15-12-5-3-11(14)4-6-12/h3-6,13,15-16H,2,7-10H2,1H3. The highest BCUT2D eigenvalue weighted by molar-refractivity contribution is 5.42. The zero-order valence-electron chi connectivity index (χ0n) is 10.6. The van der Waals surface area contributed by atoms with Crippen LogP contribution < -0.4 is 5.32 Å². The van der Waals surface area contributed by atoms with Crippen molar-refractivity contribution in [2.45, 2.75) is 13.0 Å². The highest BCUT2D eigenvalue weighted by atomic mass is 19.1. The van der Waals surface area contributed by atoms with Gasteiger partial charge in [0.05, 0.1) is 25.9 Å². The quantitative estimate of drug-likeness (QED) is 0.660. The number of anilines is 1. The molecule has 0 saturated heterocycles. The van der Waals surface area contributed by atoms with Crippen molar-refractivity contribution in [1.82, 2.24) is 0 Å². The third kappa shape index (κ3) is 6.54. The van der Waals surface area contributed by atoms with E-state index in [-0.39, 0.29) is 12.4 Å². The lowest BCUT2D eigenvalue weighted by atomic mass is 10.3. The fourth-order valence-electron chi connectivity index (χ4n) is 1.34. The molecule has 1 aromatic rings. The summed E-state index contributed by atoms with van der Waals surface area (Å²) in [5.41, 5.74) is 0.768. The molecule has 0 fully saturated rings. The first-order chi connectivity index (χ1) is 8.72. The van der Waals surface area contributed by atoms with Gasteiger partial charge in [-0.25, -0.2) is 4.39 Å². The van der Waals surface area contributed by atoms with Crippen LogP contribution in [-0.4, -0.2) is 44.2 Å². The third-order valence-electron chi connectivity index (χ3n) is 2.27. The molecule has 18 heavy (non-hydrogen) atoms. The summed E-state index contributed by atoms with van der Waals surface area (Å²) in [4.78, 5) is 0. The van der Waals surface area contributed by atoms with Crippen LogP contribution in [0.2, 0.25) is 0 Å². The number of aliphatic hydroxyl groups excluding tert-OH is 1. The molecule has 0 aliphatic carbocycles. The Bertz CT molecular complexity index is 319. The first kappa shape index (κ1) is 14.9. The molecule has 0 radical (unpaired) electrons. The van der Waals surface area contributed by atoms with E-state index in [0.717, 1.165) is 5.69 Å². The zero-order valence-corrected chi connectivity index (χ0v) is 10.6. The van der Waals surface area contributed by atoms with Crippen LogP contribution in [0.1, 0.15) is 6.92 Å². The third-order valence-corrected chi connectivity index (χ3v) is 2.27. The van der Waals surface area contributed by atoms with Crippen molar-refractivity contribution in [3.05, 3.63) is 30.1 Å². The Morgan fingerprint density at radius 1 is 1.22 bits per heavy atom. The number of halogens is 1. The van der Waals surface area contributed by atoms with E-state index < -0.39 is 6.10 Å². The number of nitrogens with one attached hydrogen (secondary N) is 1. The average molecular weight is 257 g/mol. The van der Waals surface area contributed by atoms with Gasteiger partial charge in [0.1, 0.15) is 5.82 Å². The zero-order chi connectivity index (χ0) is 13.2. The van der Waals surface area contributed by atoms with E-state index in [2.05, 4.69) is 5.32 Å². The maximum atomic E-state index is 12.6. The largest absolute Gasteiger partial charge is 0.389 e. The van der Waals surface area contributed by atoms with Gasteiger partial charge in [-0.3, -0.25) is 0 Å². The van der Waals surface area contributed by atoms with Gasteiger partial charge < -0.3 is 19.9 Å². The van der Waals surface area contributed by atoms with Crippen molar-refractivity contribution in [3.63, 3.8) is 0 Å².